The third kappa shape index (κ3) is 10.3. The number of hydrogen-bond donors (Lipinski definition) is 0. The number of carbonyl (C=O) groups is 2. The van der Waals surface area contributed by atoms with Gasteiger partial charge in [-0.2, -0.15) is 0 Å². The van der Waals surface area contributed by atoms with Crippen molar-refractivity contribution in [1.29, 1.82) is 0 Å². The molecule has 0 fully saturated rings. The summed E-state index contributed by atoms with van der Waals surface area (Å²) in [5, 5.41) is 0. The Hall–Kier alpha value is -4.36. The molecule has 0 N–H and O–H groups in total. The molecule has 0 aliphatic heterocycles. The zero-order chi connectivity index (χ0) is 29.6. The first-order chi connectivity index (χ1) is 19.8. The normalized spacial score (nSPS) is 10.5. The zero-order valence-corrected chi connectivity index (χ0v) is 24.1. The molecule has 0 saturated heterocycles. The highest BCUT2D eigenvalue weighted by Gasteiger charge is 2.11. The maximum Gasteiger partial charge on any atom is 0.338 e. The molecule has 7 nitrogen and oxygen atoms in total. The van der Waals surface area contributed by atoms with E-state index < -0.39 is 11.9 Å². The molecule has 0 aliphatic rings. The Morgan fingerprint density at radius 1 is 0.610 bits per heavy atom. The number of ether oxygens (including phenoxy) is 5. The summed E-state index contributed by atoms with van der Waals surface area (Å²) in [5.74, 6) is 1.01. The SMILES string of the molecule is C=C(C)C(=O)OCCCOc1ccc(-c2cc(OC(=O)C(=C)C)cc(-c3ccc(OCCCOCC)cc3)c2)cc1. The van der Waals surface area contributed by atoms with Crippen molar-refractivity contribution in [2.75, 3.05) is 33.0 Å². The van der Waals surface area contributed by atoms with Crippen LogP contribution in [0, 0.1) is 0 Å². The van der Waals surface area contributed by atoms with Crippen LogP contribution in [-0.4, -0.2) is 45.0 Å². The van der Waals surface area contributed by atoms with Crippen LogP contribution >= 0.6 is 0 Å². The van der Waals surface area contributed by atoms with Crippen molar-refractivity contribution >= 4 is 11.9 Å². The largest absolute Gasteiger partial charge is 0.494 e. The standard InChI is InChI=1S/C34H38O7/c1-6-37-17-7-18-38-30-13-9-26(10-14-30)28-21-29(23-32(22-28)41-34(36)25(4)5)27-11-15-31(16-12-27)39-19-8-20-40-33(35)24(2)3/h9-16,21-23H,2,4,6-8,17-20H2,1,3,5H3. The lowest BCUT2D eigenvalue weighted by atomic mass is 9.98. The second kappa shape index (κ2) is 16.0. The van der Waals surface area contributed by atoms with Crippen molar-refractivity contribution in [3.8, 4) is 39.5 Å². The minimum Gasteiger partial charge on any atom is -0.494 e. The average Bonchev–Trinajstić information content (AvgIpc) is 2.97. The smallest absolute Gasteiger partial charge is 0.338 e. The molecule has 0 bridgehead atoms. The van der Waals surface area contributed by atoms with Crippen LogP contribution < -0.4 is 14.2 Å². The molecule has 0 saturated carbocycles. The van der Waals surface area contributed by atoms with Gasteiger partial charge in [0, 0.05) is 37.2 Å². The predicted molar refractivity (Wildman–Crippen MR) is 160 cm³/mol. The van der Waals surface area contributed by atoms with E-state index in [1.54, 1.807) is 13.8 Å². The van der Waals surface area contributed by atoms with Gasteiger partial charge in [0.05, 0.1) is 19.8 Å². The molecule has 3 aromatic rings. The highest BCUT2D eigenvalue weighted by atomic mass is 16.5. The summed E-state index contributed by atoms with van der Waals surface area (Å²) >= 11 is 0. The van der Waals surface area contributed by atoms with E-state index >= 15 is 0 Å². The first-order valence-electron chi connectivity index (χ1n) is 13.7. The number of esters is 2. The summed E-state index contributed by atoms with van der Waals surface area (Å²) in [7, 11) is 0. The van der Waals surface area contributed by atoms with Gasteiger partial charge in [0.1, 0.15) is 17.2 Å². The van der Waals surface area contributed by atoms with Gasteiger partial charge in [-0.25, -0.2) is 9.59 Å². The molecule has 0 amide bonds. The monoisotopic (exact) mass is 558 g/mol. The molecule has 0 heterocycles. The molecule has 3 rings (SSSR count). The quantitative estimate of drug-likeness (QED) is 0.0796. The minimum absolute atomic E-state index is 0.267. The Balaban J connectivity index is 1.72. The van der Waals surface area contributed by atoms with Gasteiger partial charge in [-0.1, -0.05) is 37.4 Å². The molecule has 0 atom stereocenters. The van der Waals surface area contributed by atoms with Crippen LogP contribution in [0.3, 0.4) is 0 Å². The molecule has 0 unspecified atom stereocenters. The molecule has 0 aliphatic carbocycles. The van der Waals surface area contributed by atoms with Gasteiger partial charge < -0.3 is 23.7 Å². The summed E-state index contributed by atoms with van der Waals surface area (Å²) in [4.78, 5) is 23.7. The van der Waals surface area contributed by atoms with Gasteiger partial charge in [0.15, 0.2) is 0 Å². The molecule has 216 valence electrons. The van der Waals surface area contributed by atoms with Crippen LogP contribution in [0.5, 0.6) is 17.2 Å². The molecule has 7 heteroatoms. The molecule has 3 aromatic carbocycles. The third-order valence-corrected chi connectivity index (χ3v) is 5.89. The van der Waals surface area contributed by atoms with Crippen LogP contribution in [0.1, 0.15) is 33.6 Å². The Labute approximate surface area is 242 Å². The summed E-state index contributed by atoms with van der Waals surface area (Å²) < 4.78 is 27.6. The summed E-state index contributed by atoms with van der Waals surface area (Å²) in [5.41, 5.74) is 4.34. The fraction of sp³-hybridized carbons (Fsp3) is 0.294. The molecule has 0 spiro atoms. The highest BCUT2D eigenvalue weighted by Crippen LogP contribution is 2.33. The Morgan fingerprint density at radius 2 is 1.10 bits per heavy atom. The first-order valence-corrected chi connectivity index (χ1v) is 13.7. The van der Waals surface area contributed by atoms with Crippen molar-refractivity contribution in [1.82, 2.24) is 0 Å². The minimum atomic E-state index is -0.485. The van der Waals surface area contributed by atoms with E-state index in [-0.39, 0.29) is 6.61 Å². The van der Waals surface area contributed by atoms with Crippen molar-refractivity contribution in [2.45, 2.75) is 33.6 Å². The molecule has 0 aromatic heterocycles. The van der Waals surface area contributed by atoms with Gasteiger partial charge >= 0.3 is 11.9 Å². The third-order valence-electron chi connectivity index (χ3n) is 5.89. The lowest BCUT2D eigenvalue weighted by Gasteiger charge is -2.13. The Kier molecular flexibility index (Phi) is 12.2. The van der Waals surface area contributed by atoms with Crippen LogP contribution in [0.25, 0.3) is 22.3 Å². The average molecular weight is 559 g/mol. The van der Waals surface area contributed by atoms with Gasteiger partial charge in [-0.05, 0) is 85.5 Å². The van der Waals surface area contributed by atoms with Gasteiger partial charge in [0.2, 0.25) is 0 Å². The second-order valence-corrected chi connectivity index (χ2v) is 9.48. The molecule has 0 radical (unpaired) electrons. The van der Waals surface area contributed by atoms with Crippen LogP contribution in [0.4, 0.5) is 0 Å². The zero-order valence-electron chi connectivity index (χ0n) is 24.1. The fourth-order valence-electron chi connectivity index (χ4n) is 3.71. The van der Waals surface area contributed by atoms with E-state index in [2.05, 4.69) is 13.2 Å². The van der Waals surface area contributed by atoms with E-state index in [0.29, 0.717) is 55.5 Å². The van der Waals surface area contributed by atoms with E-state index in [1.807, 2.05) is 73.7 Å². The number of rotatable bonds is 16. The topological polar surface area (TPSA) is 80.3 Å². The van der Waals surface area contributed by atoms with Crippen molar-refractivity contribution in [2.24, 2.45) is 0 Å². The number of carbonyl (C=O) groups excluding carboxylic acids is 2. The maximum atomic E-state index is 12.3. The molecular formula is C34H38O7. The fourth-order valence-corrected chi connectivity index (χ4v) is 3.71. The lowest BCUT2D eigenvalue weighted by Crippen LogP contribution is -2.09. The van der Waals surface area contributed by atoms with Crippen LogP contribution in [-0.2, 0) is 19.1 Å². The molecule has 41 heavy (non-hydrogen) atoms. The molecular weight excluding hydrogens is 520 g/mol. The van der Waals surface area contributed by atoms with E-state index in [4.69, 9.17) is 23.7 Å². The Morgan fingerprint density at radius 3 is 1.56 bits per heavy atom. The Bertz CT molecular complexity index is 1320. The summed E-state index contributed by atoms with van der Waals surface area (Å²) in [6.07, 6.45) is 1.39. The maximum absolute atomic E-state index is 12.3. The number of benzene rings is 3. The van der Waals surface area contributed by atoms with Gasteiger partial charge in [-0.15, -0.1) is 0 Å². The first kappa shape index (κ1) is 31.2. The number of hydrogen-bond acceptors (Lipinski definition) is 7. The van der Waals surface area contributed by atoms with Gasteiger partial charge in [0.25, 0.3) is 0 Å². The van der Waals surface area contributed by atoms with Crippen molar-refractivity contribution in [3.63, 3.8) is 0 Å². The van der Waals surface area contributed by atoms with Crippen LogP contribution in [0.2, 0.25) is 0 Å². The van der Waals surface area contributed by atoms with Crippen molar-refractivity contribution < 1.29 is 33.3 Å². The predicted octanol–water partition coefficient (Wildman–Crippen LogP) is 7.20. The van der Waals surface area contributed by atoms with E-state index in [1.165, 1.54) is 0 Å². The highest BCUT2D eigenvalue weighted by molar-refractivity contribution is 5.89. The summed E-state index contributed by atoms with van der Waals surface area (Å²) in [6, 6.07) is 21.1. The van der Waals surface area contributed by atoms with E-state index in [0.717, 1.165) is 34.4 Å². The van der Waals surface area contributed by atoms with Crippen molar-refractivity contribution in [3.05, 3.63) is 91.0 Å². The van der Waals surface area contributed by atoms with E-state index in [9.17, 15) is 9.59 Å². The van der Waals surface area contributed by atoms with Gasteiger partial charge in [-0.3, -0.25) is 0 Å². The lowest BCUT2D eigenvalue weighted by molar-refractivity contribution is -0.139. The second-order valence-electron chi connectivity index (χ2n) is 9.48. The summed E-state index contributed by atoms with van der Waals surface area (Å²) in [6.45, 7) is 15.1. The van der Waals surface area contributed by atoms with Crippen LogP contribution in [0.15, 0.2) is 91.0 Å².